The van der Waals surface area contributed by atoms with Gasteiger partial charge in [0.1, 0.15) is 18.2 Å². The van der Waals surface area contributed by atoms with Crippen molar-refractivity contribution in [2.75, 3.05) is 23.7 Å². The summed E-state index contributed by atoms with van der Waals surface area (Å²) in [5, 5.41) is 2.75. The summed E-state index contributed by atoms with van der Waals surface area (Å²) in [4.78, 5) is 12.3. The van der Waals surface area contributed by atoms with Crippen molar-refractivity contribution < 1.29 is 22.3 Å². The van der Waals surface area contributed by atoms with Crippen molar-refractivity contribution in [1.29, 1.82) is 0 Å². The molecule has 1 N–H and O–H groups in total. The molecule has 9 heteroatoms. The number of sulfonamides is 1. The predicted octanol–water partition coefficient (Wildman–Crippen LogP) is 4.21. The van der Waals surface area contributed by atoms with E-state index in [9.17, 15) is 17.6 Å². The number of hydrogen-bond donors (Lipinski definition) is 1. The number of nitrogens with zero attached hydrogens (tertiary/aromatic N) is 1. The van der Waals surface area contributed by atoms with Crippen molar-refractivity contribution in [3.05, 3.63) is 93.3 Å². The SMILES string of the molecule is CS(=O)(=O)N(Cc1ccc(C(=O)NCCOc2ccc(F)cc2)cc1)c1ccc(I)cc1. The van der Waals surface area contributed by atoms with Gasteiger partial charge in [-0.05, 0) is 88.8 Å². The van der Waals surface area contributed by atoms with Crippen molar-refractivity contribution >= 4 is 44.2 Å². The first kappa shape index (κ1) is 24.0. The molecule has 0 aliphatic heterocycles. The van der Waals surface area contributed by atoms with Crippen LogP contribution in [0.3, 0.4) is 0 Å². The van der Waals surface area contributed by atoms with E-state index >= 15 is 0 Å². The van der Waals surface area contributed by atoms with Gasteiger partial charge in [0.05, 0.1) is 25.0 Å². The highest BCUT2D eigenvalue weighted by Crippen LogP contribution is 2.22. The molecule has 3 aromatic rings. The van der Waals surface area contributed by atoms with E-state index in [1.54, 1.807) is 36.4 Å². The monoisotopic (exact) mass is 568 g/mol. The van der Waals surface area contributed by atoms with Crippen LogP contribution in [-0.2, 0) is 16.6 Å². The summed E-state index contributed by atoms with van der Waals surface area (Å²) in [6.07, 6.45) is 1.17. The Kier molecular flexibility index (Phi) is 8.08. The second-order valence-corrected chi connectivity index (χ2v) is 10.2. The second kappa shape index (κ2) is 10.8. The molecule has 0 saturated heterocycles. The maximum atomic E-state index is 12.9. The lowest BCUT2D eigenvalue weighted by molar-refractivity contribution is 0.0947. The number of benzene rings is 3. The highest BCUT2D eigenvalue weighted by atomic mass is 127. The topological polar surface area (TPSA) is 75.7 Å². The molecule has 0 aromatic heterocycles. The summed E-state index contributed by atoms with van der Waals surface area (Å²) >= 11 is 2.16. The number of rotatable bonds is 9. The highest BCUT2D eigenvalue weighted by molar-refractivity contribution is 14.1. The fourth-order valence-corrected chi connectivity index (χ4v) is 4.15. The van der Waals surface area contributed by atoms with Crippen LogP contribution in [0, 0.1) is 9.39 Å². The van der Waals surface area contributed by atoms with Gasteiger partial charge in [0.15, 0.2) is 0 Å². The summed E-state index contributed by atoms with van der Waals surface area (Å²) < 4.78 is 45.2. The molecule has 3 rings (SSSR count). The van der Waals surface area contributed by atoms with Crippen molar-refractivity contribution in [2.45, 2.75) is 6.54 Å². The predicted molar refractivity (Wildman–Crippen MR) is 131 cm³/mol. The van der Waals surface area contributed by atoms with Gasteiger partial charge in [-0.25, -0.2) is 12.8 Å². The fraction of sp³-hybridized carbons (Fsp3) is 0.174. The van der Waals surface area contributed by atoms with Crippen LogP contribution in [0.1, 0.15) is 15.9 Å². The summed E-state index contributed by atoms with van der Waals surface area (Å²) in [6, 6.07) is 19.6. The Labute approximate surface area is 200 Å². The van der Waals surface area contributed by atoms with Gasteiger partial charge in [-0.2, -0.15) is 0 Å². The third kappa shape index (κ3) is 6.92. The molecule has 0 spiro atoms. The smallest absolute Gasteiger partial charge is 0.251 e. The van der Waals surface area contributed by atoms with Crippen molar-refractivity contribution in [3.63, 3.8) is 0 Å². The van der Waals surface area contributed by atoms with Gasteiger partial charge in [0, 0.05) is 9.13 Å². The van der Waals surface area contributed by atoms with E-state index in [0.29, 0.717) is 17.0 Å². The van der Waals surface area contributed by atoms with Gasteiger partial charge in [0.2, 0.25) is 10.0 Å². The van der Waals surface area contributed by atoms with Gasteiger partial charge in [-0.3, -0.25) is 9.10 Å². The van der Waals surface area contributed by atoms with Crippen LogP contribution in [-0.4, -0.2) is 33.7 Å². The standard InChI is InChI=1S/C23H22FIN2O4S/c1-32(29,30)27(21-10-8-20(25)9-11-21)16-17-2-4-18(5-3-17)23(28)26-14-15-31-22-12-6-19(24)7-13-22/h2-13H,14-16H2,1H3,(H,26,28). The third-order valence-corrected chi connectivity index (χ3v) is 6.39. The fourth-order valence-electron chi connectivity index (χ4n) is 2.90. The molecule has 0 radical (unpaired) electrons. The normalized spacial score (nSPS) is 11.1. The van der Waals surface area contributed by atoms with E-state index in [0.717, 1.165) is 9.13 Å². The number of amides is 1. The minimum atomic E-state index is -3.48. The van der Waals surface area contributed by atoms with E-state index in [1.807, 2.05) is 12.1 Å². The first-order chi connectivity index (χ1) is 15.2. The summed E-state index contributed by atoms with van der Waals surface area (Å²) in [7, 11) is -3.48. The first-order valence-corrected chi connectivity index (χ1v) is 12.6. The number of halogens is 2. The lowest BCUT2D eigenvalue weighted by atomic mass is 10.1. The zero-order chi connectivity index (χ0) is 23.1. The van der Waals surface area contributed by atoms with Gasteiger partial charge < -0.3 is 10.1 Å². The van der Waals surface area contributed by atoms with Crippen LogP contribution in [0.4, 0.5) is 10.1 Å². The van der Waals surface area contributed by atoms with Crippen LogP contribution >= 0.6 is 22.6 Å². The molecule has 3 aromatic carbocycles. The number of anilines is 1. The number of nitrogens with one attached hydrogen (secondary N) is 1. The van der Waals surface area contributed by atoms with Crippen LogP contribution in [0.15, 0.2) is 72.8 Å². The second-order valence-electron chi connectivity index (χ2n) is 7.00. The molecule has 1 amide bonds. The summed E-state index contributed by atoms with van der Waals surface area (Å²) in [5.41, 5.74) is 1.79. The Balaban J connectivity index is 1.56. The molecular formula is C23H22FIN2O4S. The van der Waals surface area contributed by atoms with E-state index in [2.05, 4.69) is 27.9 Å². The molecule has 0 unspecified atom stereocenters. The largest absolute Gasteiger partial charge is 0.492 e. The Hall–Kier alpha value is -2.66. The maximum Gasteiger partial charge on any atom is 0.251 e. The zero-order valence-electron chi connectivity index (χ0n) is 17.3. The lowest BCUT2D eigenvalue weighted by Gasteiger charge is -2.22. The molecule has 0 aliphatic rings. The number of carbonyl (C=O) groups excluding carboxylic acids is 1. The van der Waals surface area contributed by atoms with Crippen molar-refractivity contribution in [1.82, 2.24) is 5.32 Å². The molecule has 0 bridgehead atoms. The zero-order valence-corrected chi connectivity index (χ0v) is 20.3. The van der Waals surface area contributed by atoms with Crippen molar-refractivity contribution in [2.24, 2.45) is 0 Å². The molecule has 32 heavy (non-hydrogen) atoms. The van der Waals surface area contributed by atoms with Gasteiger partial charge in [-0.15, -0.1) is 0 Å². The summed E-state index contributed by atoms with van der Waals surface area (Å²) in [5.74, 6) is -0.0854. The number of carbonyl (C=O) groups is 1. The average molecular weight is 568 g/mol. The van der Waals surface area contributed by atoms with E-state index in [4.69, 9.17) is 4.74 Å². The Morgan fingerprint density at radius 3 is 2.22 bits per heavy atom. The quantitative estimate of drug-likeness (QED) is 0.310. The van der Waals surface area contributed by atoms with Gasteiger partial charge in [-0.1, -0.05) is 12.1 Å². The molecule has 0 heterocycles. The maximum absolute atomic E-state index is 12.9. The summed E-state index contributed by atoms with van der Waals surface area (Å²) in [6.45, 7) is 0.689. The Morgan fingerprint density at radius 2 is 1.62 bits per heavy atom. The molecule has 168 valence electrons. The van der Waals surface area contributed by atoms with E-state index < -0.39 is 10.0 Å². The minimum absolute atomic E-state index is 0.160. The third-order valence-electron chi connectivity index (χ3n) is 4.53. The lowest BCUT2D eigenvalue weighted by Crippen LogP contribution is -2.29. The molecular weight excluding hydrogens is 546 g/mol. The average Bonchev–Trinajstić information content (AvgIpc) is 2.76. The molecule has 0 aliphatic carbocycles. The molecule has 0 fully saturated rings. The highest BCUT2D eigenvalue weighted by Gasteiger charge is 2.18. The van der Waals surface area contributed by atoms with Crippen molar-refractivity contribution in [3.8, 4) is 5.75 Å². The van der Waals surface area contributed by atoms with Crippen LogP contribution in [0.5, 0.6) is 5.75 Å². The number of hydrogen-bond acceptors (Lipinski definition) is 4. The Morgan fingerprint density at radius 1 is 1.00 bits per heavy atom. The van der Waals surface area contributed by atoms with Crippen LogP contribution < -0.4 is 14.4 Å². The van der Waals surface area contributed by atoms with Crippen LogP contribution in [0.2, 0.25) is 0 Å². The molecule has 0 saturated carbocycles. The van der Waals surface area contributed by atoms with E-state index in [1.165, 1.54) is 34.8 Å². The minimum Gasteiger partial charge on any atom is -0.492 e. The van der Waals surface area contributed by atoms with E-state index in [-0.39, 0.29) is 31.4 Å². The number of ether oxygens (including phenoxy) is 1. The van der Waals surface area contributed by atoms with Gasteiger partial charge >= 0.3 is 0 Å². The molecule has 0 atom stereocenters. The molecule has 6 nitrogen and oxygen atoms in total. The first-order valence-electron chi connectivity index (χ1n) is 9.71. The van der Waals surface area contributed by atoms with Crippen LogP contribution in [0.25, 0.3) is 0 Å². The van der Waals surface area contributed by atoms with Gasteiger partial charge in [0.25, 0.3) is 5.91 Å². The Bertz CT molecular complexity index is 1150.